The van der Waals surface area contributed by atoms with Crippen molar-refractivity contribution in [2.24, 2.45) is 5.11 Å². The highest BCUT2D eigenvalue weighted by molar-refractivity contribution is 5.96. The molecule has 2 heterocycles. The van der Waals surface area contributed by atoms with Gasteiger partial charge in [0.05, 0.1) is 23.1 Å². The fourth-order valence-corrected chi connectivity index (χ4v) is 5.20. The van der Waals surface area contributed by atoms with Crippen molar-refractivity contribution in [2.75, 3.05) is 6.54 Å². The number of aromatic nitrogens is 1. The van der Waals surface area contributed by atoms with Crippen LogP contribution in [0.1, 0.15) is 71.6 Å². The Morgan fingerprint density at radius 1 is 1.16 bits per heavy atom. The molecular weight excluding hydrogens is 478 g/mol. The van der Waals surface area contributed by atoms with E-state index in [0.29, 0.717) is 16.5 Å². The molecule has 12 nitrogen and oxygen atoms in total. The summed E-state index contributed by atoms with van der Waals surface area (Å²) in [6.07, 6.45) is 0.273. The minimum atomic E-state index is -1.07. The van der Waals surface area contributed by atoms with Crippen LogP contribution in [0.3, 0.4) is 0 Å². The van der Waals surface area contributed by atoms with Crippen molar-refractivity contribution in [3.63, 3.8) is 0 Å². The summed E-state index contributed by atoms with van der Waals surface area (Å²) in [5.74, 6) is -0.373. The number of ether oxygens (including phenoxy) is 2. The summed E-state index contributed by atoms with van der Waals surface area (Å²) < 4.78 is 12.5. The predicted octanol–water partition coefficient (Wildman–Crippen LogP) is 4.84. The van der Waals surface area contributed by atoms with Gasteiger partial charge in [0.1, 0.15) is 11.2 Å². The summed E-state index contributed by atoms with van der Waals surface area (Å²) in [5.41, 5.74) is 8.92. The van der Waals surface area contributed by atoms with Gasteiger partial charge in [0.25, 0.3) is 0 Å². The number of benzene rings is 1. The largest absolute Gasteiger partial charge is 0.444 e. The lowest BCUT2D eigenvalue weighted by Gasteiger charge is -2.42. The van der Waals surface area contributed by atoms with Crippen LogP contribution >= 0.6 is 0 Å². The molecule has 1 unspecified atom stereocenters. The summed E-state index contributed by atoms with van der Waals surface area (Å²) in [6.45, 7) is 12.6. The van der Waals surface area contributed by atoms with Crippen molar-refractivity contribution < 1.29 is 23.9 Å². The van der Waals surface area contributed by atoms with E-state index >= 15 is 0 Å². The molecule has 1 fully saturated rings. The molecule has 1 aromatic heterocycles. The van der Waals surface area contributed by atoms with Crippen LogP contribution in [0.4, 0.5) is 14.4 Å². The molecule has 1 aromatic carbocycles. The maximum absolute atomic E-state index is 13.2. The molecular formula is C25H33N7O5. The van der Waals surface area contributed by atoms with Crippen molar-refractivity contribution in [2.45, 2.75) is 83.2 Å². The van der Waals surface area contributed by atoms with Gasteiger partial charge < -0.3 is 25.4 Å². The average molecular weight is 512 g/mol. The van der Waals surface area contributed by atoms with Crippen molar-refractivity contribution in [1.29, 1.82) is 0 Å². The summed E-state index contributed by atoms with van der Waals surface area (Å²) in [6, 6.07) is 3.20. The number of nitrogens with one attached hydrogen (secondary N) is 3. The normalized spacial score (nSPS) is 25.1. The second-order valence-corrected chi connectivity index (χ2v) is 11.5. The fourth-order valence-electron chi connectivity index (χ4n) is 5.20. The van der Waals surface area contributed by atoms with Gasteiger partial charge in [0.2, 0.25) is 0 Å². The Hall–Kier alpha value is -3.92. The molecule has 1 spiro atoms. The third-order valence-corrected chi connectivity index (χ3v) is 6.65. The Labute approximate surface area is 214 Å². The first-order chi connectivity index (χ1) is 17.2. The van der Waals surface area contributed by atoms with Crippen LogP contribution in [0.5, 0.6) is 0 Å². The molecule has 2 aliphatic rings. The van der Waals surface area contributed by atoms with E-state index in [0.717, 1.165) is 5.56 Å². The lowest BCUT2D eigenvalue weighted by atomic mass is 9.74. The maximum atomic E-state index is 13.2. The van der Waals surface area contributed by atoms with Crippen molar-refractivity contribution >= 4 is 29.1 Å². The molecule has 1 aliphatic heterocycles. The van der Waals surface area contributed by atoms with Crippen LogP contribution in [0.25, 0.3) is 21.3 Å². The SMILES string of the molecule is C[C@H]1c2cccc3c2c(cn3C(=O)OC(C)(C)C)C(N=[N+]=[N-])[C@H](NC(=O)OC(C)(C)C)[C@]12CNC(=O)N2. The first-order valence-electron chi connectivity index (χ1n) is 12.1. The van der Waals surface area contributed by atoms with Crippen LogP contribution in [0, 0.1) is 0 Å². The number of alkyl carbamates (subject to hydrolysis) is 1. The standard InChI is InChI=1S/C25H33N7O5/c1-13-14-9-8-10-16-17(14)15(11-32(16)22(35)37-24(5,6)7)18(30-31-26)19(25(13)12-27-20(33)29-25)28-21(34)36-23(2,3)4/h8-11,13,18-19H,12H2,1-7H3,(H,28,34)(H2,27,29,33)/t13-,18?,19-,25-/m0/s1. The van der Waals surface area contributed by atoms with Crippen LogP contribution in [0.2, 0.25) is 0 Å². The number of amides is 3. The monoisotopic (exact) mass is 511 g/mol. The summed E-state index contributed by atoms with van der Waals surface area (Å²) in [4.78, 5) is 41.8. The second-order valence-electron chi connectivity index (χ2n) is 11.5. The van der Waals surface area contributed by atoms with Crippen molar-refractivity contribution in [3.05, 3.63) is 46.0 Å². The van der Waals surface area contributed by atoms with Gasteiger partial charge in [-0.15, -0.1) is 0 Å². The Bertz CT molecular complexity index is 1320. The first kappa shape index (κ1) is 26.2. The maximum Gasteiger partial charge on any atom is 0.419 e. The van der Waals surface area contributed by atoms with E-state index in [1.54, 1.807) is 53.8 Å². The molecule has 12 heteroatoms. The van der Waals surface area contributed by atoms with Gasteiger partial charge in [-0.3, -0.25) is 4.57 Å². The number of rotatable bonds is 2. The number of nitrogens with zero attached hydrogens (tertiary/aromatic N) is 4. The van der Waals surface area contributed by atoms with Gasteiger partial charge in [-0.25, -0.2) is 14.4 Å². The minimum Gasteiger partial charge on any atom is -0.444 e. The molecule has 4 atom stereocenters. The molecule has 37 heavy (non-hydrogen) atoms. The number of carbonyl (C=O) groups is 3. The zero-order chi connectivity index (χ0) is 27.3. The van der Waals surface area contributed by atoms with Crippen molar-refractivity contribution in [3.8, 4) is 0 Å². The molecule has 3 amide bonds. The van der Waals surface area contributed by atoms with Crippen LogP contribution in [-0.2, 0) is 9.47 Å². The Balaban J connectivity index is 1.96. The van der Waals surface area contributed by atoms with Crippen LogP contribution in [0.15, 0.2) is 29.5 Å². The zero-order valence-corrected chi connectivity index (χ0v) is 22.1. The minimum absolute atomic E-state index is 0.164. The molecule has 0 bridgehead atoms. The number of urea groups is 1. The topological polar surface area (TPSA) is 159 Å². The van der Waals surface area contributed by atoms with Gasteiger partial charge in [0.15, 0.2) is 0 Å². The Morgan fingerprint density at radius 3 is 2.41 bits per heavy atom. The Kier molecular flexibility index (Phi) is 6.28. The lowest BCUT2D eigenvalue weighted by molar-refractivity contribution is 0.0450. The predicted molar refractivity (Wildman–Crippen MR) is 136 cm³/mol. The molecule has 1 aliphatic carbocycles. The molecule has 4 rings (SSSR count). The third-order valence-electron chi connectivity index (χ3n) is 6.65. The number of carbonyl (C=O) groups excluding carboxylic acids is 3. The van der Waals surface area contributed by atoms with Crippen LogP contribution in [-0.4, -0.2) is 52.1 Å². The average Bonchev–Trinajstić information content (AvgIpc) is 3.33. The quantitative estimate of drug-likeness (QED) is 0.298. The van der Waals surface area contributed by atoms with Crippen LogP contribution < -0.4 is 16.0 Å². The van der Waals surface area contributed by atoms with Gasteiger partial charge >= 0.3 is 18.2 Å². The van der Waals surface area contributed by atoms with E-state index in [-0.39, 0.29) is 12.5 Å². The van der Waals surface area contributed by atoms with Gasteiger partial charge in [-0.2, -0.15) is 0 Å². The smallest absolute Gasteiger partial charge is 0.419 e. The highest BCUT2D eigenvalue weighted by Gasteiger charge is 2.55. The molecule has 0 saturated carbocycles. The van der Waals surface area contributed by atoms with E-state index in [1.165, 1.54) is 4.57 Å². The molecule has 3 N–H and O–H groups in total. The van der Waals surface area contributed by atoms with E-state index in [9.17, 15) is 19.9 Å². The molecule has 198 valence electrons. The summed E-state index contributed by atoms with van der Waals surface area (Å²) in [7, 11) is 0. The third kappa shape index (κ3) is 4.76. The highest BCUT2D eigenvalue weighted by Crippen LogP contribution is 2.48. The van der Waals surface area contributed by atoms with E-state index < -0.39 is 47.0 Å². The van der Waals surface area contributed by atoms with Gasteiger partial charge in [0, 0.05) is 29.0 Å². The molecule has 1 saturated heterocycles. The van der Waals surface area contributed by atoms with E-state index in [2.05, 4.69) is 26.0 Å². The first-order valence-corrected chi connectivity index (χ1v) is 12.1. The van der Waals surface area contributed by atoms with Gasteiger partial charge in [-0.1, -0.05) is 24.2 Å². The highest BCUT2D eigenvalue weighted by atomic mass is 16.6. The van der Waals surface area contributed by atoms with E-state index in [4.69, 9.17) is 9.47 Å². The zero-order valence-electron chi connectivity index (χ0n) is 22.1. The number of hydrogen-bond acceptors (Lipinski definition) is 6. The van der Waals surface area contributed by atoms with Crippen molar-refractivity contribution in [1.82, 2.24) is 20.5 Å². The van der Waals surface area contributed by atoms with Gasteiger partial charge in [-0.05, 0) is 64.3 Å². The number of hydrogen-bond donors (Lipinski definition) is 3. The molecule has 2 aromatic rings. The Morgan fingerprint density at radius 2 is 1.84 bits per heavy atom. The fraction of sp³-hybridized carbons (Fsp3) is 0.560. The second kappa shape index (κ2) is 8.88. The summed E-state index contributed by atoms with van der Waals surface area (Å²) >= 11 is 0. The number of azide groups is 1. The van der Waals surface area contributed by atoms with E-state index in [1.807, 2.05) is 19.1 Å². The lowest BCUT2D eigenvalue weighted by Crippen LogP contribution is -2.64. The summed E-state index contributed by atoms with van der Waals surface area (Å²) in [5, 5.41) is 13.5. The molecule has 0 radical (unpaired) electrons.